The summed E-state index contributed by atoms with van der Waals surface area (Å²) >= 11 is 0. The van der Waals surface area contributed by atoms with Crippen molar-refractivity contribution < 1.29 is 4.79 Å². The molecule has 0 unspecified atom stereocenters. The number of aryl methyl sites for hydroxylation is 1. The van der Waals surface area contributed by atoms with Crippen molar-refractivity contribution in [3.8, 4) is 0 Å². The molecular weight excluding hydrogens is 274 g/mol. The number of amides is 1. The number of pyridine rings is 1. The first-order chi connectivity index (χ1) is 10.6. The normalized spacial score (nSPS) is 28.2. The summed E-state index contributed by atoms with van der Waals surface area (Å²) < 4.78 is 1.91. The molecule has 0 aromatic carbocycles. The number of hydrogen-bond donors (Lipinski definition) is 1. The Balaban J connectivity index is 1.48. The lowest BCUT2D eigenvalue weighted by Crippen LogP contribution is -2.40. The van der Waals surface area contributed by atoms with Crippen molar-refractivity contribution in [1.29, 1.82) is 0 Å². The summed E-state index contributed by atoms with van der Waals surface area (Å²) in [6, 6.07) is 4.26. The third kappa shape index (κ3) is 2.31. The molecule has 4 atom stereocenters. The van der Waals surface area contributed by atoms with Gasteiger partial charge in [0, 0.05) is 18.4 Å². The van der Waals surface area contributed by atoms with Crippen LogP contribution in [0, 0.1) is 24.7 Å². The van der Waals surface area contributed by atoms with Gasteiger partial charge < -0.3 is 9.72 Å². The van der Waals surface area contributed by atoms with E-state index in [0.717, 1.165) is 23.0 Å². The van der Waals surface area contributed by atoms with Gasteiger partial charge in [-0.25, -0.2) is 4.98 Å². The number of nitrogens with zero attached hydrogens (tertiary/aromatic N) is 2. The van der Waals surface area contributed by atoms with E-state index in [-0.39, 0.29) is 11.9 Å². The molecule has 2 bridgehead atoms. The van der Waals surface area contributed by atoms with Gasteiger partial charge in [0.1, 0.15) is 11.3 Å². The predicted molar refractivity (Wildman–Crippen MR) is 85.8 cm³/mol. The van der Waals surface area contributed by atoms with E-state index in [1.165, 1.54) is 25.7 Å². The van der Waals surface area contributed by atoms with Crippen LogP contribution in [-0.2, 0) is 0 Å². The molecule has 2 aliphatic carbocycles. The van der Waals surface area contributed by atoms with E-state index >= 15 is 0 Å². The van der Waals surface area contributed by atoms with Gasteiger partial charge in [0.25, 0.3) is 5.91 Å². The predicted octanol–water partition coefficient (Wildman–Crippen LogP) is 3.20. The summed E-state index contributed by atoms with van der Waals surface area (Å²) in [5.41, 5.74) is 2.50. The lowest BCUT2D eigenvalue weighted by atomic mass is 9.84. The van der Waals surface area contributed by atoms with E-state index < -0.39 is 0 Å². The molecule has 4 rings (SSSR count). The van der Waals surface area contributed by atoms with Crippen LogP contribution in [0.25, 0.3) is 5.65 Å². The summed E-state index contributed by atoms with van der Waals surface area (Å²) in [4.78, 5) is 16.9. The van der Waals surface area contributed by atoms with E-state index in [1.54, 1.807) is 0 Å². The largest absolute Gasteiger partial charge is 0.348 e. The summed E-state index contributed by atoms with van der Waals surface area (Å²) in [5.74, 6) is 2.34. The van der Waals surface area contributed by atoms with Crippen molar-refractivity contribution >= 4 is 11.6 Å². The maximum Gasteiger partial charge on any atom is 0.271 e. The average Bonchev–Trinajstić information content (AvgIpc) is 3.20. The van der Waals surface area contributed by atoms with Gasteiger partial charge in [0.15, 0.2) is 0 Å². The topological polar surface area (TPSA) is 46.4 Å². The van der Waals surface area contributed by atoms with Gasteiger partial charge in [0.2, 0.25) is 0 Å². The molecule has 2 saturated carbocycles. The van der Waals surface area contributed by atoms with Gasteiger partial charge in [0.05, 0.1) is 0 Å². The molecule has 116 valence electrons. The van der Waals surface area contributed by atoms with Gasteiger partial charge in [-0.05, 0) is 68.6 Å². The van der Waals surface area contributed by atoms with Gasteiger partial charge >= 0.3 is 0 Å². The first-order valence-electron chi connectivity index (χ1n) is 8.36. The minimum absolute atomic E-state index is 0.0448. The van der Waals surface area contributed by atoms with Gasteiger partial charge in [-0.15, -0.1) is 0 Å². The highest BCUT2D eigenvalue weighted by Crippen LogP contribution is 2.49. The second-order valence-corrected chi connectivity index (χ2v) is 7.20. The lowest BCUT2D eigenvalue weighted by molar-refractivity contribution is 0.0911. The first-order valence-corrected chi connectivity index (χ1v) is 8.36. The number of fused-ring (bicyclic) bond motifs is 3. The van der Waals surface area contributed by atoms with Gasteiger partial charge in [-0.2, -0.15) is 0 Å². The number of carbonyl (C=O) groups is 1. The molecule has 1 amide bonds. The number of rotatable bonds is 3. The molecule has 0 radical (unpaired) electrons. The van der Waals surface area contributed by atoms with E-state index in [0.29, 0.717) is 11.6 Å². The van der Waals surface area contributed by atoms with Crippen molar-refractivity contribution in [2.45, 2.75) is 45.6 Å². The summed E-state index contributed by atoms with van der Waals surface area (Å²) in [6.45, 7) is 4.19. The molecule has 2 heterocycles. The molecule has 4 heteroatoms. The van der Waals surface area contributed by atoms with Crippen LogP contribution >= 0.6 is 0 Å². The zero-order valence-corrected chi connectivity index (χ0v) is 13.2. The van der Waals surface area contributed by atoms with Crippen LogP contribution in [0.5, 0.6) is 0 Å². The van der Waals surface area contributed by atoms with Crippen molar-refractivity contribution in [3.05, 3.63) is 35.8 Å². The van der Waals surface area contributed by atoms with Crippen LogP contribution in [0.15, 0.2) is 24.5 Å². The monoisotopic (exact) mass is 297 g/mol. The molecule has 2 fully saturated rings. The van der Waals surface area contributed by atoms with E-state index in [1.807, 2.05) is 35.9 Å². The molecule has 0 aliphatic heterocycles. The Morgan fingerprint density at radius 3 is 3.00 bits per heavy atom. The van der Waals surface area contributed by atoms with Crippen LogP contribution in [0.4, 0.5) is 0 Å². The Kier molecular flexibility index (Phi) is 3.21. The molecule has 0 saturated heterocycles. The van der Waals surface area contributed by atoms with Crippen LogP contribution in [0.1, 0.15) is 48.7 Å². The highest BCUT2D eigenvalue weighted by Gasteiger charge is 2.42. The fourth-order valence-electron chi connectivity index (χ4n) is 4.49. The summed E-state index contributed by atoms with van der Waals surface area (Å²) in [5, 5.41) is 3.18. The Bertz CT molecular complexity index is 720. The van der Waals surface area contributed by atoms with Crippen molar-refractivity contribution in [2.75, 3.05) is 0 Å². The fourth-order valence-corrected chi connectivity index (χ4v) is 4.49. The summed E-state index contributed by atoms with van der Waals surface area (Å²) in [7, 11) is 0. The highest BCUT2D eigenvalue weighted by atomic mass is 16.2. The van der Waals surface area contributed by atoms with Crippen LogP contribution < -0.4 is 5.32 Å². The number of nitrogens with one attached hydrogen (secondary N) is 1. The Hall–Kier alpha value is -1.84. The molecule has 4 nitrogen and oxygen atoms in total. The maximum atomic E-state index is 12.5. The third-order valence-electron chi connectivity index (χ3n) is 5.64. The number of carbonyl (C=O) groups excluding carboxylic acids is 1. The zero-order valence-electron chi connectivity index (χ0n) is 13.2. The van der Waals surface area contributed by atoms with Crippen molar-refractivity contribution in [2.24, 2.45) is 17.8 Å². The van der Waals surface area contributed by atoms with Crippen molar-refractivity contribution in [3.63, 3.8) is 0 Å². The zero-order chi connectivity index (χ0) is 15.3. The summed E-state index contributed by atoms with van der Waals surface area (Å²) in [6.07, 6.45) is 9.18. The van der Waals surface area contributed by atoms with E-state index in [2.05, 4.69) is 17.2 Å². The second kappa shape index (κ2) is 5.11. The van der Waals surface area contributed by atoms with Crippen LogP contribution in [-0.4, -0.2) is 21.3 Å². The standard InChI is InChI=1S/C18H23N3O/c1-11-5-6-21-10-16(20-17(21)7-11)18(22)19-12(2)15-9-13-3-4-14(15)8-13/h5-7,10,12-15H,3-4,8-9H2,1-2H3,(H,19,22)/t12-,13-,14-,15+/m0/s1. The number of hydrogen-bond acceptors (Lipinski definition) is 2. The molecule has 2 aromatic heterocycles. The van der Waals surface area contributed by atoms with E-state index in [9.17, 15) is 4.79 Å². The van der Waals surface area contributed by atoms with Crippen molar-refractivity contribution in [1.82, 2.24) is 14.7 Å². The number of aromatic nitrogens is 2. The third-order valence-corrected chi connectivity index (χ3v) is 5.64. The minimum Gasteiger partial charge on any atom is -0.348 e. The lowest BCUT2D eigenvalue weighted by Gasteiger charge is -2.28. The quantitative estimate of drug-likeness (QED) is 0.945. The molecule has 0 spiro atoms. The fraction of sp³-hybridized carbons (Fsp3) is 0.556. The van der Waals surface area contributed by atoms with E-state index in [4.69, 9.17) is 0 Å². The number of imidazole rings is 1. The maximum absolute atomic E-state index is 12.5. The Morgan fingerprint density at radius 1 is 1.41 bits per heavy atom. The molecule has 2 aliphatic rings. The van der Waals surface area contributed by atoms with Gasteiger partial charge in [-0.3, -0.25) is 4.79 Å². The smallest absolute Gasteiger partial charge is 0.271 e. The first kappa shape index (κ1) is 13.8. The Morgan fingerprint density at radius 2 is 2.27 bits per heavy atom. The SMILES string of the molecule is Cc1ccn2cc(C(=O)N[C@@H](C)[C@H]3C[C@H]4CC[C@H]3C4)nc2c1. The Labute approximate surface area is 130 Å². The van der Waals surface area contributed by atoms with Gasteiger partial charge in [-0.1, -0.05) is 6.42 Å². The molecule has 22 heavy (non-hydrogen) atoms. The average molecular weight is 297 g/mol. The molecular formula is C18H23N3O. The molecule has 1 N–H and O–H groups in total. The molecule has 2 aromatic rings. The highest BCUT2D eigenvalue weighted by molar-refractivity contribution is 5.93. The van der Waals surface area contributed by atoms with Crippen LogP contribution in [0.3, 0.4) is 0 Å². The second-order valence-electron chi connectivity index (χ2n) is 7.20. The van der Waals surface area contributed by atoms with Crippen LogP contribution in [0.2, 0.25) is 0 Å². The minimum atomic E-state index is -0.0448.